The number of carboxylic acid groups (broad SMARTS) is 1. The van der Waals surface area contributed by atoms with E-state index in [1.165, 1.54) is 25.3 Å². The zero-order valence-corrected chi connectivity index (χ0v) is 11.3. The highest BCUT2D eigenvalue weighted by atomic mass is 16.5. The van der Waals surface area contributed by atoms with Gasteiger partial charge in [-0.2, -0.15) is 0 Å². The van der Waals surface area contributed by atoms with Gasteiger partial charge >= 0.3 is 12.0 Å². The van der Waals surface area contributed by atoms with Gasteiger partial charge in [-0.05, 0) is 18.6 Å². The van der Waals surface area contributed by atoms with Gasteiger partial charge in [0.25, 0.3) is 0 Å². The van der Waals surface area contributed by atoms with Gasteiger partial charge in [0.1, 0.15) is 11.3 Å². The maximum absolute atomic E-state index is 11.8. The smallest absolute Gasteiger partial charge is 0.339 e. The van der Waals surface area contributed by atoms with Gasteiger partial charge in [0.2, 0.25) is 0 Å². The van der Waals surface area contributed by atoms with Crippen molar-refractivity contribution in [1.29, 1.82) is 0 Å². The molecule has 0 fully saturated rings. The molecule has 1 aromatic carbocycles. The summed E-state index contributed by atoms with van der Waals surface area (Å²) in [4.78, 5) is 24.3. The molecule has 0 atom stereocenters. The zero-order valence-electron chi connectivity index (χ0n) is 11.3. The Bertz CT molecular complexity index is 474. The van der Waals surface area contributed by atoms with E-state index in [9.17, 15) is 9.59 Å². The van der Waals surface area contributed by atoms with Crippen molar-refractivity contribution in [1.82, 2.24) is 4.90 Å². The van der Waals surface area contributed by atoms with E-state index in [1.807, 2.05) is 6.92 Å². The lowest BCUT2D eigenvalue weighted by Crippen LogP contribution is -2.31. The number of hydrogen-bond donors (Lipinski definition) is 2. The van der Waals surface area contributed by atoms with E-state index >= 15 is 0 Å². The molecule has 0 saturated carbocycles. The van der Waals surface area contributed by atoms with Crippen molar-refractivity contribution >= 4 is 17.7 Å². The number of nitrogens with zero attached hydrogens (tertiary/aromatic N) is 1. The molecule has 2 N–H and O–H groups in total. The molecule has 0 bridgehead atoms. The SMILES string of the molecule is CCCN(C)C(=O)Nc1ccc(C(=O)O)c(OC)c1. The molecule has 0 aromatic heterocycles. The number of hydrogen-bond acceptors (Lipinski definition) is 3. The minimum atomic E-state index is -1.07. The third kappa shape index (κ3) is 3.87. The van der Waals surface area contributed by atoms with Crippen molar-refractivity contribution in [2.45, 2.75) is 13.3 Å². The second-order valence-electron chi connectivity index (χ2n) is 4.07. The molecule has 104 valence electrons. The van der Waals surface area contributed by atoms with Crippen LogP contribution in [0.15, 0.2) is 18.2 Å². The van der Waals surface area contributed by atoms with E-state index in [0.717, 1.165) is 6.42 Å². The first kappa shape index (κ1) is 14.8. The van der Waals surface area contributed by atoms with Crippen LogP contribution < -0.4 is 10.1 Å². The highest BCUT2D eigenvalue weighted by molar-refractivity contribution is 5.94. The first-order chi connectivity index (χ1) is 8.99. The predicted octanol–water partition coefficient (Wildman–Crippen LogP) is 2.27. The number of carbonyl (C=O) groups is 2. The number of rotatable bonds is 5. The average molecular weight is 266 g/mol. The van der Waals surface area contributed by atoms with Crippen molar-refractivity contribution in [3.63, 3.8) is 0 Å². The zero-order chi connectivity index (χ0) is 14.4. The number of urea groups is 1. The number of methoxy groups -OCH3 is 1. The molecule has 0 spiro atoms. The third-order valence-electron chi connectivity index (χ3n) is 2.59. The summed E-state index contributed by atoms with van der Waals surface area (Å²) in [6.45, 7) is 2.63. The molecule has 0 aliphatic carbocycles. The average Bonchev–Trinajstić information content (AvgIpc) is 2.38. The monoisotopic (exact) mass is 266 g/mol. The Morgan fingerprint density at radius 2 is 2.11 bits per heavy atom. The molecule has 2 amide bonds. The Hall–Kier alpha value is -2.24. The number of ether oxygens (including phenoxy) is 1. The second kappa shape index (κ2) is 6.63. The lowest BCUT2D eigenvalue weighted by atomic mass is 10.2. The van der Waals surface area contributed by atoms with Crippen molar-refractivity contribution < 1.29 is 19.4 Å². The molecule has 1 aromatic rings. The minimum absolute atomic E-state index is 0.0578. The largest absolute Gasteiger partial charge is 0.496 e. The molecular weight excluding hydrogens is 248 g/mol. The number of nitrogens with one attached hydrogen (secondary N) is 1. The van der Waals surface area contributed by atoms with E-state index in [0.29, 0.717) is 12.2 Å². The summed E-state index contributed by atoms with van der Waals surface area (Å²) in [6, 6.07) is 4.17. The van der Waals surface area contributed by atoms with Gasteiger partial charge in [0.05, 0.1) is 7.11 Å². The van der Waals surface area contributed by atoms with Crippen LogP contribution in [-0.2, 0) is 0 Å². The predicted molar refractivity (Wildman–Crippen MR) is 71.9 cm³/mol. The van der Waals surface area contributed by atoms with E-state index in [2.05, 4.69) is 5.32 Å². The molecule has 0 unspecified atom stereocenters. The van der Waals surface area contributed by atoms with Crippen molar-refractivity contribution in [2.24, 2.45) is 0 Å². The maximum atomic E-state index is 11.8. The van der Waals surface area contributed by atoms with Gasteiger partial charge in [-0.3, -0.25) is 0 Å². The molecule has 6 heteroatoms. The van der Waals surface area contributed by atoms with Crippen LogP contribution in [0.2, 0.25) is 0 Å². The van der Waals surface area contributed by atoms with Crippen LogP contribution in [-0.4, -0.2) is 42.7 Å². The van der Waals surface area contributed by atoms with Gasteiger partial charge in [0, 0.05) is 25.3 Å². The lowest BCUT2D eigenvalue weighted by molar-refractivity contribution is 0.0693. The molecule has 0 aliphatic rings. The first-order valence-electron chi connectivity index (χ1n) is 5.93. The summed E-state index contributed by atoms with van der Waals surface area (Å²) >= 11 is 0. The summed E-state index contributed by atoms with van der Waals surface area (Å²) in [6.07, 6.45) is 0.866. The standard InChI is InChI=1S/C13H18N2O4/c1-4-7-15(2)13(18)14-9-5-6-10(12(16)17)11(8-9)19-3/h5-6,8H,4,7H2,1-3H3,(H,14,18)(H,16,17). The van der Waals surface area contributed by atoms with Gasteiger partial charge in [-0.1, -0.05) is 6.92 Å². The van der Waals surface area contributed by atoms with E-state index < -0.39 is 5.97 Å². The quantitative estimate of drug-likeness (QED) is 0.856. The number of amides is 2. The Morgan fingerprint density at radius 1 is 1.42 bits per heavy atom. The highest BCUT2D eigenvalue weighted by Gasteiger charge is 2.13. The molecule has 19 heavy (non-hydrogen) atoms. The summed E-state index contributed by atoms with van der Waals surface area (Å²) in [7, 11) is 3.08. The first-order valence-corrected chi connectivity index (χ1v) is 5.93. The van der Waals surface area contributed by atoms with Crippen LogP contribution in [0.25, 0.3) is 0 Å². The minimum Gasteiger partial charge on any atom is -0.496 e. The van der Waals surface area contributed by atoms with Crippen LogP contribution in [0, 0.1) is 0 Å². The summed E-state index contributed by atoms with van der Waals surface area (Å²) in [5.41, 5.74) is 0.553. The second-order valence-corrected chi connectivity index (χ2v) is 4.07. The van der Waals surface area contributed by atoms with Crippen LogP contribution in [0.4, 0.5) is 10.5 Å². The molecule has 1 rings (SSSR count). The third-order valence-corrected chi connectivity index (χ3v) is 2.59. The van der Waals surface area contributed by atoms with Crippen LogP contribution in [0.5, 0.6) is 5.75 Å². The number of carboxylic acids is 1. The van der Waals surface area contributed by atoms with Crippen LogP contribution >= 0.6 is 0 Å². The Morgan fingerprint density at radius 3 is 2.63 bits per heavy atom. The summed E-state index contributed by atoms with van der Waals surface area (Å²) in [5, 5.41) is 11.6. The molecule has 0 saturated heterocycles. The molecular formula is C13H18N2O4. The Balaban J connectivity index is 2.86. The van der Waals surface area contributed by atoms with E-state index in [4.69, 9.17) is 9.84 Å². The van der Waals surface area contributed by atoms with Gasteiger partial charge in [-0.15, -0.1) is 0 Å². The number of benzene rings is 1. The molecule has 6 nitrogen and oxygen atoms in total. The van der Waals surface area contributed by atoms with E-state index in [1.54, 1.807) is 11.9 Å². The van der Waals surface area contributed by atoms with E-state index in [-0.39, 0.29) is 17.3 Å². The molecule has 0 heterocycles. The Kier molecular flexibility index (Phi) is 5.17. The highest BCUT2D eigenvalue weighted by Crippen LogP contribution is 2.23. The summed E-state index contributed by atoms with van der Waals surface area (Å²) < 4.78 is 4.99. The Labute approximate surface area is 112 Å². The topological polar surface area (TPSA) is 78.9 Å². The fourth-order valence-electron chi connectivity index (χ4n) is 1.60. The molecule has 0 aliphatic heterocycles. The maximum Gasteiger partial charge on any atom is 0.339 e. The fraction of sp³-hybridized carbons (Fsp3) is 0.385. The normalized spacial score (nSPS) is 9.84. The van der Waals surface area contributed by atoms with Crippen LogP contribution in [0.1, 0.15) is 23.7 Å². The molecule has 0 radical (unpaired) electrons. The van der Waals surface area contributed by atoms with Crippen LogP contribution in [0.3, 0.4) is 0 Å². The van der Waals surface area contributed by atoms with Gasteiger partial charge < -0.3 is 20.1 Å². The van der Waals surface area contributed by atoms with Crippen molar-refractivity contribution in [3.05, 3.63) is 23.8 Å². The number of aromatic carboxylic acids is 1. The number of carbonyl (C=O) groups excluding carboxylic acids is 1. The fourth-order valence-corrected chi connectivity index (χ4v) is 1.60. The van der Waals surface area contributed by atoms with Gasteiger partial charge in [-0.25, -0.2) is 9.59 Å². The van der Waals surface area contributed by atoms with Crippen molar-refractivity contribution in [2.75, 3.05) is 26.0 Å². The lowest BCUT2D eigenvalue weighted by Gasteiger charge is -2.17. The number of anilines is 1. The summed E-state index contributed by atoms with van der Waals surface area (Å²) in [5.74, 6) is -0.860. The van der Waals surface area contributed by atoms with Gasteiger partial charge in [0.15, 0.2) is 0 Å². The van der Waals surface area contributed by atoms with Crippen molar-refractivity contribution in [3.8, 4) is 5.75 Å².